The topological polar surface area (TPSA) is 27.8 Å². The van der Waals surface area contributed by atoms with Gasteiger partial charge in [-0.1, -0.05) is 6.07 Å². The van der Waals surface area contributed by atoms with Crippen LogP contribution >= 0.6 is 0 Å². The number of nitrogens with one attached hydrogen (secondary N) is 2. The Kier molecular flexibility index (Phi) is 2.97. The Hall–Kier alpha value is -2.27. The molecule has 0 saturated carbocycles. The number of aromatic amines is 1. The van der Waals surface area contributed by atoms with Crippen LogP contribution in [0.1, 0.15) is 22.9 Å². The number of fused-ring (bicyclic) bond motifs is 3. The molecule has 0 saturated heterocycles. The molecule has 0 amide bonds. The summed E-state index contributed by atoms with van der Waals surface area (Å²) in [6.07, 6.45) is 0.734. The first-order valence-corrected chi connectivity index (χ1v) is 7.12. The van der Waals surface area contributed by atoms with Crippen molar-refractivity contribution in [3.05, 3.63) is 70.7 Å². The molecule has 3 aromatic rings. The Morgan fingerprint density at radius 1 is 0.955 bits per heavy atom. The van der Waals surface area contributed by atoms with Crippen LogP contribution in [0.2, 0.25) is 0 Å². The van der Waals surface area contributed by atoms with E-state index in [0.717, 1.165) is 34.6 Å². The molecule has 1 aliphatic rings. The van der Waals surface area contributed by atoms with E-state index in [9.17, 15) is 13.2 Å². The molecule has 5 heteroatoms. The molecule has 0 bridgehead atoms. The predicted octanol–water partition coefficient (Wildman–Crippen LogP) is 3.82. The van der Waals surface area contributed by atoms with E-state index in [0.29, 0.717) is 12.1 Å². The van der Waals surface area contributed by atoms with E-state index in [-0.39, 0.29) is 11.9 Å². The van der Waals surface area contributed by atoms with Gasteiger partial charge in [-0.2, -0.15) is 0 Å². The number of halogens is 3. The predicted molar refractivity (Wildman–Crippen MR) is 78.2 cm³/mol. The van der Waals surface area contributed by atoms with Crippen LogP contribution in [0.25, 0.3) is 10.9 Å². The molecule has 4 rings (SSSR count). The van der Waals surface area contributed by atoms with E-state index in [1.807, 2.05) is 0 Å². The summed E-state index contributed by atoms with van der Waals surface area (Å²) < 4.78 is 40.7. The quantitative estimate of drug-likeness (QED) is 0.702. The van der Waals surface area contributed by atoms with Gasteiger partial charge in [-0.3, -0.25) is 0 Å². The van der Waals surface area contributed by atoms with Crippen molar-refractivity contribution >= 4 is 10.9 Å². The molecule has 2 aromatic carbocycles. The van der Waals surface area contributed by atoms with Crippen molar-refractivity contribution in [1.29, 1.82) is 0 Å². The summed E-state index contributed by atoms with van der Waals surface area (Å²) in [6.45, 7) is 0.651. The zero-order chi connectivity index (χ0) is 15.3. The largest absolute Gasteiger partial charge is 0.357 e. The SMILES string of the molecule is Fc1ccc(C2NCCc3c2[nH]c2ccc(F)cc32)c(F)c1. The van der Waals surface area contributed by atoms with Gasteiger partial charge in [0.05, 0.1) is 6.04 Å². The van der Waals surface area contributed by atoms with Gasteiger partial charge in [0, 0.05) is 34.8 Å². The fourth-order valence-electron chi connectivity index (χ4n) is 3.20. The zero-order valence-electron chi connectivity index (χ0n) is 11.6. The molecule has 1 aromatic heterocycles. The van der Waals surface area contributed by atoms with Gasteiger partial charge in [0.25, 0.3) is 0 Å². The maximum Gasteiger partial charge on any atom is 0.131 e. The fourth-order valence-corrected chi connectivity index (χ4v) is 3.20. The third-order valence-electron chi connectivity index (χ3n) is 4.19. The van der Waals surface area contributed by atoms with Crippen LogP contribution in [0.5, 0.6) is 0 Å². The van der Waals surface area contributed by atoms with Gasteiger partial charge >= 0.3 is 0 Å². The van der Waals surface area contributed by atoms with Crippen LogP contribution in [0.15, 0.2) is 36.4 Å². The van der Waals surface area contributed by atoms with Gasteiger partial charge in [-0.05, 0) is 36.2 Å². The van der Waals surface area contributed by atoms with Crippen LogP contribution in [0.3, 0.4) is 0 Å². The van der Waals surface area contributed by atoms with Crippen molar-refractivity contribution in [2.75, 3.05) is 6.54 Å². The Bertz CT molecular complexity index is 870. The molecule has 2 heterocycles. The molecular formula is C17H13F3N2. The van der Waals surface area contributed by atoms with Gasteiger partial charge in [-0.15, -0.1) is 0 Å². The number of benzene rings is 2. The summed E-state index contributed by atoms with van der Waals surface area (Å²) in [5.41, 5.74) is 3.01. The van der Waals surface area contributed by atoms with Crippen molar-refractivity contribution < 1.29 is 13.2 Å². The lowest BCUT2D eigenvalue weighted by Gasteiger charge is -2.25. The smallest absolute Gasteiger partial charge is 0.131 e. The summed E-state index contributed by atoms with van der Waals surface area (Å²) in [5, 5.41) is 4.06. The van der Waals surface area contributed by atoms with E-state index in [1.165, 1.54) is 24.3 Å². The van der Waals surface area contributed by atoms with Gasteiger partial charge < -0.3 is 10.3 Å². The van der Waals surface area contributed by atoms with Crippen LogP contribution < -0.4 is 5.32 Å². The number of rotatable bonds is 1. The Balaban J connectivity index is 1.90. The van der Waals surface area contributed by atoms with E-state index in [4.69, 9.17) is 0 Å². The monoisotopic (exact) mass is 302 g/mol. The summed E-state index contributed by atoms with van der Waals surface area (Å²) in [6, 6.07) is 7.76. The van der Waals surface area contributed by atoms with Crippen LogP contribution in [-0.4, -0.2) is 11.5 Å². The second kappa shape index (κ2) is 4.88. The Morgan fingerprint density at radius 2 is 1.73 bits per heavy atom. The van der Waals surface area contributed by atoms with Gasteiger partial charge in [0.1, 0.15) is 17.5 Å². The van der Waals surface area contributed by atoms with Crippen LogP contribution in [0.4, 0.5) is 13.2 Å². The highest BCUT2D eigenvalue weighted by Gasteiger charge is 2.27. The van der Waals surface area contributed by atoms with Crippen LogP contribution in [0, 0.1) is 17.5 Å². The summed E-state index contributed by atoms with van der Waals surface area (Å²) >= 11 is 0. The van der Waals surface area contributed by atoms with E-state index in [2.05, 4.69) is 10.3 Å². The van der Waals surface area contributed by atoms with Crippen molar-refractivity contribution in [2.45, 2.75) is 12.5 Å². The Labute approximate surface area is 125 Å². The van der Waals surface area contributed by atoms with Gasteiger partial charge in [0.15, 0.2) is 0 Å². The molecule has 0 radical (unpaired) electrons. The maximum absolute atomic E-state index is 14.1. The normalized spacial score (nSPS) is 17.7. The average molecular weight is 302 g/mol. The number of H-pyrrole nitrogens is 1. The number of hydrogen-bond acceptors (Lipinski definition) is 1. The highest BCUT2D eigenvalue weighted by molar-refractivity contribution is 5.85. The van der Waals surface area contributed by atoms with Crippen molar-refractivity contribution in [3.8, 4) is 0 Å². The second-order valence-corrected chi connectivity index (χ2v) is 5.51. The highest BCUT2D eigenvalue weighted by Crippen LogP contribution is 2.34. The summed E-state index contributed by atoms with van der Waals surface area (Å²) in [7, 11) is 0. The van der Waals surface area contributed by atoms with Gasteiger partial charge in [0.2, 0.25) is 0 Å². The molecular weight excluding hydrogens is 289 g/mol. The summed E-state index contributed by atoms with van der Waals surface area (Å²) in [4.78, 5) is 3.24. The molecule has 0 aliphatic carbocycles. The van der Waals surface area contributed by atoms with Crippen molar-refractivity contribution in [2.24, 2.45) is 0 Å². The van der Waals surface area contributed by atoms with Crippen molar-refractivity contribution in [3.63, 3.8) is 0 Å². The zero-order valence-corrected chi connectivity index (χ0v) is 11.6. The van der Waals surface area contributed by atoms with Crippen molar-refractivity contribution in [1.82, 2.24) is 10.3 Å². The minimum Gasteiger partial charge on any atom is -0.357 e. The maximum atomic E-state index is 14.1. The standard InChI is InChI=1S/C17H13F3N2/c18-9-2-4-15-13(7-9)11-5-6-21-16(17(11)22-15)12-3-1-10(19)8-14(12)20/h1-4,7-8,16,21-22H,5-6H2. The third kappa shape index (κ3) is 2.01. The Morgan fingerprint density at radius 3 is 2.55 bits per heavy atom. The summed E-state index contributed by atoms with van der Waals surface area (Å²) in [5.74, 6) is -1.48. The molecule has 2 N–H and O–H groups in total. The lowest BCUT2D eigenvalue weighted by Crippen LogP contribution is -2.31. The molecule has 1 unspecified atom stereocenters. The highest BCUT2D eigenvalue weighted by atomic mass is 19.1. The second-order valence-electron chi connectivity index (χ2n) is 5.51. The first-order valence-electron chi connectivity index (χ1n) is 7.12. The fraction of sp³-hybridized carbons (Fsp3) is 0.176. The molecule has 0 spiro atoms. The average Bonchev–Trinajstić information content (AvgIpc) is 2.85. The minimum absolute atomic E-state index is 0.294. The van der Waals surface area contributed by atoms with Gasteiger partial charge in [-0.25, -0.2) is 13.2 Å². The molecule has 22 heavy (non-hydrogen) atoms. The molecule has 112 valence electrons. The minimum atomic E-state index is -0.601. The molecule has 1 aliphatic heterocycles. The lowest BCUT2D eigenvalue weighted by molar-refractivity contribution is 0.514. The molecule has 1 atom stereocenters. The van der Waals surface area contributed by atoms with E-state index < -0.39 is 11.6 Å². The number of aromatic nitrogens is 1. The first-order chi connectivity index (χ1) is 10.6. The van der Waals surface area contributed by atoms with E-state index in [1.54, 1.807) is 6.07 Å². The van der Waals surface area contributed by atoms with Crippen LogP contribution in [-0.2, 0) is 6.42 Å². The third-order valence-corrected chi connectivity index (χ3v) is 4.19. The first kappa shape index (κ1) is 13.4. The lowest BCUT2D eigenvalue weighted by atomic mass is 9.94. The molecule has 0 fully saturated rings. The number of hydrogen-bond donors (Lipinski definition) is 2. The van der Waals surface area contributed by atoms with E-state index >= 15 is 0 Å². The molecule has 2 nitrogen and oxygen atoms in total.